The summed E-state index contributed by atoms with van der Waals surface area (Å²) in [6, 6.07) is 7.18. The van der Waals surface area contributed by atoms with Crippen LogP contribution in [0.3, 0.4) is 0 Å². The molecule has 1 aromatic carbocycles. The van der Waals surface area contributed by atoms with E-state index >= 15 is 0 Å². The van der Waals surface area contributed by atoms with E-state index in [1.807, 2.05) is 11.3 Å². The Kier molecular flexibility index (Phi) is 4.87. The lowest BCUT2D eigenvalue weighted by molar-refractivity contribution is 0.299. The third-order valence-corrected chi connectivity index (χ3v) is 6.62. The number of nitrogens with zero attached hydrogens (tertiary/aromatic N) is 1. The number of fused-ring (bicyclic) bond motifs is 3. The molecule has 0 spiro atoms. The first-order chi connectivity index (χ1) is 10.6. The Hall–Kier alpha value is -0.830. The van der Waals surface area contributed by atoms with E-state index in [1.165, 1.54) is 46.9 Å². The second-order valence-electron chi connectivity index (χ2n) is 7.35. The highest BCUT2D eigenvalue weighted by atomic mass is 35.5. The number of likely N-dealkylation sites (N-methyl/N-ethyl adjacent to an activating group) is 1. The Balaban J connectivity index is 0.00000156. The summed E-state index contributed by atoms with van der Waals surface area (Å²) in [7, 11) is 4.41. The van der Waals surface area contributed by atoms with Gasteiger partial charge in [-0.1, -0.05) is 6.07 Å². The number of hydrogen-bond donors (Lipinski definition) is 0. The molecule has 1 fully saturated rings. The van der Waals surface area contributed by atoms with E-state index in [1.54, 1.807) is 11.1 Å². The van der Waals surface area contributed by atoms with Gasteiger partial charge < -0.3 is 4.90 Å². The van der Waals surface area contributed by atoms with Crippen LogP contribution in [0.4, 0.5) is 0 Å². The minimum Gasteiger partial charge on any atom is -0.305 e. The Bertz CT molecular complexity index is 735. The quantitative estimate of drug-likeness (QED) is 0.681. The first-order valence-corrected chi connectivity index (χ1v) is 9.37. The molecule has 3 aliphatic carbocycles. The smallest absolute Gasteiger partial charge is 0.0345 e. The predicted molar refractivity (Wildman–Crippen MR) is 105 cm³/mol. The van der Waals surface area contributed by atoms with E-state index < -0.39 is 0 Å². The largest absolute Gasteiger partial charge is 0.305 e. The molecule has 2 bridgehead atoms. The molecule has 0 radical (unpaired) electrons. The van der Waals surface area contributed by atoms with Crippen LogP contribution in [0.5, 0.6) is 0 Å². The van der Waals surface area contributed by atoms with Gasteiger partial charge in [0.05, 0.1) is 0 Å². The molecule has 0 atom stereocenters. The van der Waals surface area contributed by atoms with E-state index in [2.05, 4.69) is 49.5 Å². The SMILES string of the molecule is Cc1csc2ccc(C3=C(CN(C)C)C4CCC3CC4)cc12.Cl. The number of thiophene rings is 1. The summed E-state index contributed by atoms with van der Waals surface area (Å²) in [5.74, 6) is 1.64. The summed E-state index contributed by atoms with van der Waals surface area (Å²) >= 11 is 1.87. The van der Waals surface area contributed by atoms with E-state index in [0.29, 0.717) is 0 Å². The lowest BCUT2D eigenvalue weighted by Crippen LogP contribution is -2.31. The van der Waals surface area contributed by atoms with Crippen molar-refractivity contribution in [1.82, 2.24) is 4.90 Å². The molecule has 3 aliphatic rings. The molecule has 0 N–H and O–H groups in total. The Morgan fingerprint density at radius 1 is 1.09 bits per heavy atom. The molecule has 23 heavy (non-hydrogen) atoms. The topological polar surface area (TPSA) is 3.24 Å². The first kappa shape index (κ1) is 17.0. The number of allylic oxidation sites excluding steroid dienone is 1. The van der Waals surface area contributed by atoms with E-state index in [-0.39, 0.29) is 12.4 Å². The molecule has 0 aliphatic heterocycles. The monoisotopic (exact) mass is 347 g/mol. The molecule has 1 saturated carbocycles. The summed E-state index contributed by atoms with van der Waals surface area (Å²) in [6.07, 6.45) is 5.63. The second-order valence-corrected chi connectivity index (χ2v) is 8.27. The zero-order valence-corrected chi connectivity index (χ0v) is 15.9. The van der Waals surface area contributed by atoms with Crippen LogP contribution in [0, 0.1) is 18.8 Å². The third-order valence-electron chi connectivity index (χ3n) is 5.54. The molecule has 3 heteroatoms. The highest BCUT2D eigenvalue weighted by molar-refractivity contribution is 7.17. The van der Waals surface area contributed by atoms with Crippen molar-refractivity contribution in [3.8, 4) is 0 Å². The lowest BCUT2D eigenvalue weighted by atomic mass is 9.65. The summed E-state index contributed by atoms with van der Waals surface area (Å²) in [5.41, 5.74) is 6.36. The van der Waals surface area contributed by atoms with Gasteiger partial charge in [-0.05, 0) is 104 Å². The molecule has 0 amide bonds. The highest BCUT2D eigenvalue weighted by Crippen LogP contribution is 2.49. The fourth-order valence-electron chi connectivity index (χ4n) is 4.51. The van der Waals surface area contributed by atoms with Gasteiger partial charge in [0, 0.05) is 11.2 Å². The molecule has 1 aromatic heterocycles. The summed E-state index contributed by atoms with van der Waals surface area (Å²) in [6.45, 7) is 3.38. The minimum atomic E-state index is 0. The fourth-order valence-corrected chi connectivity index (χ4v) is 5.44. The maximum atomic E-state index is 2.47. The Morgan fingerprint density at radius 2 is 1.78 bits per heavy atom. The van der Waals surface area contributed by atoms with Crippen molar-refractivity contribution < 1.29 is 0 Å². The molecule has 0 unspecified atom stereocenters. The molecule has 2 aromatic rings. The van der Waals surface area contributed by atoms with Crippen LogP contribution in [0.15, 0.2) is 29.2 Å². The number of halogens is 1. The van der Waals surface area contributed by atoms with Crippen LogP contribution < -0.4 is 0 Å². The van der Waals surface area contributed by atoms with Gasteiger partial charge >= 0.3 is 0 Å². The lowest BCUT2D eigenvalue weighted by Gasteiger charge is -2.41. The summed E-state index contributed by atoms with van der Waals surface area (Å²) in [5, 5.41) is 3.75. The van der Waals surface area contributed by atoms with Crippen LogP contribution in [0.2, 0.25) is 0 Å². The van der Waals surface area contributed by atoms with Crippen LogP contribution >= 0.6 is 23.7 Å². The number of rotatable bonds is 3. The fraction of sp³-hybridized carbons (Fsp3) is 0.500. The molecule has 1 nitrogen and oxygen atoms in total. The van der Waals surface area contributed by atoms with Crippen LogP contribution in [-0.2, 0) is 0 Å². The zero-order chi connectivity index (χ0) is 15.3. The van der Waals surface area contributed by atoms with Crippen molar-refractivity contribution in [1.29, 1.82) is 0 Å². The van der Waals surface area contributed by atoms with Crippen molar-refractivity contribution >= 4 is 39.4 Å². The van der Waals surface area contributed by atoms with E-state index in [4.69, 9.17) is 0 Å². The van der Waals surface area contributed by atoms with Gasteiger partial charge in [0.25, 0.3) is 0 Å². The van der Waals surface area contributed by atoms with Crippen molar-refractivity contribution in [2.75, 3.05) is 20.6 Å². The number of hydrogen-bond acceptors (Lipinski definition) is 2. The predicted octanol–water partition coefficient (Wildman–Crippen LogP) is 5.77. The average molecular weight is 348 g/mol. The van der Waals surface area contributed by atoms with Crippen LogP contribution in [0.1, 0.15) is 36.8 Å². The van der Waals surface area contributed by atoms with Crippen LogP contribution in [0.25, 0.3) is 15.7 Å². The van der Waals surface area contributed by atoms with Crippen molar-refractivity contribution in [2.24, 2.45) is 11.8 Å². The normalized spacial score (nSPS) is 23.7. The van der Waals surface area contributed by atoms with Crippen molar-refractivity contribution in [3.63, 3.8) is 0 Å². The van der Waals surface area contributed by atoms with E-state index in [0.717, 1.165) is 18.4 Å². The zero-order valence-electron chi connectivity index (χ0n) is 14.3. The minimum absolute atomic E-state index is 0. The summed E-state index contributed by atoms with van der Waals surface area (Å²) < 4.78 is 1.43. The molecular weight excluding hydrogens is 322 g/mol. The number of aryl methyl sites for hydroxylation is 1. The standard InChI is InChI=1S/C20H25NS.ClH/c1-13-12-22-19-9-8-16(10-17(13)19)20-15-6-4-14(5-7-15)18(20)11-21(2)3;/h8-10,12,14-15H,4-7,11H2,1-3H3;1H. The van der Waals surface area contributed by atoms with Gasteiger partial charge in [-0.15, -0.1) is 23.7 Å². The molecule has 0 saturated heterocycles. The average Bonchev–Trinajstić information content (AvgIpc) is 2.89. The van der Waals surface area contributed by atoms with Crippen molar-refractivity contribution in [3.05, 3.63) is 40.3 Å². The molecule has 5 rings (SSSR count). The van der Waals surface area contributed by atoms with Gasteiger partial charge in [-0.25, -0.2) is 0 Å². The summed E-state index contributed by atoms with van der Waals surface area (Å²) in [4.78, 5) is 2.35. The van der Waals surface area contributed by atoms with Gasteiger partial charge in [0.2, 0.25) is 0 Å². The molecule has 1 heterocycles. The van der Waals surface area contributed by atoms with Crippen molar-refractivity contribution in [2.45, 2.75) is 32.6 Å². The third kappa shape index (κ3) is 2.97. The maximum absolute atomic E-state index is 2.47. The highest BCUT2D eigenvalue weighted by Gasteiger charge is 2.35. The Morgan fingerprint density at radius 3 is 2.48 bits per heavy atom. The maximum Gasteiger partial charge on any atom is 0.0345 e. The molecular formula is C20H26ClNS. The van der Waals surface area contributed by atoms with Crippen LogP contribution in [-0.4, -0.2) is 25.5 Å². The van der Waals surface area contributed by atoms with Gasteiger partial charge in [-0.2, -0.15) is 0 Å². The van der Waals surface area contributed by atoms with Gasteiger partial charge in [0.15, 0.2) is 0 Å². The van der Waals surface area contributed by atoms with Gasteiger partial charge in [0.1, 0.15) is 0 Å². The second kappa shape index (κ2) is 6.58. The Labute approximate surface area is 149 Å². The molecule has 124 valence electrons. The first-order valence-electron chi connectivity index (χ1n) is 8.49. The van der Waals surface area contributed by atoms with Gasteiger partial charge in [-0.3, -0.25) is 0 Å². The number of benzene rings is 1. The van der Waals surface area contributed by atoms with E-state index in [9.17, 15) is 0 Å².